The summed E-state index contributed by atoms with van der Waals surface area (Å²) in [5.74, 6) is 5.92. The van der Waals surface area contributed by atoms with Gasteiger partial charge in [-0.05, 0) is 12.8 Å². The molecule has 70 valence electrons. The van der Waals surface area contributed by atoms with Crippen molar-refractivity contribution in [2.24, 2.45) is 5.73 Å². The molecule has 5 nitrogen and oxygen atoms in total. The number of methoxy groups -OCH3 is 1. The Balaban J connectivity index is 2.71. The molecule has 0 saturated carbocycles. The Morgan fingerprint density at radius 1 is 1.62 bits per heavy atom. The maximum Gasteiger partial charge on any atom is 0.293 e. The van der Waals surface area contributed by atoms with Crippen LogP contribution in [0.2, 0.25) is 0 Å². The summed E-state index contributed by atoms with van der Waals surface area (Å²) in [6.45, 7) is 2.04. The summed E-state index contributed by atoms with van der Waals surface area (Å²) in [7, 11) is 1.56. The second-order valence-electron chi connectivity index (χ2n) is 2.38. The highest BCUT2D eigenvalue weighted by molar-refractivity contribution is 5.15. The van der Waals surface area contributed by atoms with Crippen LogP contribution >= 0.6 is 0 Å². The van der Waals surface area contributed by atoms with Crippen molar-refractivity contribution in [3.63, 3.8) is 0 Å². The first kappa shape index (κ1) is 9.71. The lowest BCUT2D eigenvalue weighted by molar-refractivity contribution is 0.170. The van der Waals surface area contributed by atoms with Crippen molar-refractivity contribution >= 4 is 0 Å². The summed E-state index contributed by atoms with van der Waals surface area (Å²) >= 11 is 0. The number of aromatic nitrogens is 2. The van der Waals surface area contributed by atoms with Gasteiger partial charge in [0.05, 0.1) is 6.61 Å². The molecular weight excluding hydrogens is 170 g/mol. The van der Waals surface area contributed by atoms with E-state index in [-0.39, 0.29) is 11.9 Å². The lowest BCUT2D eigenvalue weighted by atomic mass is 10.3. The minimum absolute atomic E-state index is 0.282. The minimum atomic E-state index is -0.384. The second-order valence-corrected chi connectivity index (χ2v) is 2.38. The van der Waals surface area contributed by atoms with Gasteiger partial charge in [-0.3, -0.25) is 0 Å². The van der Waals surface area contributed by atoms with Crippen LogP contribution in [-0.2, 0) is 4.74 Å². The molecule has 0 spiro atoms. The molecule has 1 unspecified atom stereocenters. The molecule has 1 heterocycles. The van der Waals surface area contributed by atoms with Crippen LogP contribution in [0.4, 0.5) is 0 Å². The van der Waals surface area contributed by atoms with Crippen molar-refractivity contribution in [2.45, 2.75) is 13.0 Å². The summed E-state index contributed by atoms with van der Waals surface area (Å²) in [6, 6.07) is -0.384. The molecule has 0 aliphatic heterocycles. The molecule has 1 rings (SSSR count). The predicted octanol–water partition coefficient (Wildman–Crippen LogP) is 0.0872. The minimum Gasteiger partial charge on any atom is -0.413 e. The molecule has 0 fully saturated rings. The highest BCUT2D eigenvalue weighted by atomic mass is 16.5. The van der Waals surface area contributed by atoms with E-state index in [1.54, 1.807) is 14.0 Å². The van der Waals surface area contributed by atoms with Gasteiger partial charge in [-0.15, -0.1) is 5.10 Å². The Labute approximate surface area is 76.3 Å². The Kier molecular flexibility index (Phi) is 3.43. The number of hydrogen-bond donors (Lipinski definition) is 1. The van der Waals surface area contributed by atoms with Crippen LogP contribution < -0.4 is 5.73 Å². The quantitative estimate of drug-likeness (QED) is 0.669. The number of nitrogens with two attached hydrogens (primary N) is 1. The average Bonchev–Trinajstić information content (AvgIpc) is 2.54. The number of hydrogen-bond acceptors (Lipinski definition) is 5. The first-order valence-electron chi connectivity index (χ1n) is 3.78. The highest BCUT2D eigenvalue weighted by Gasteiger charge is 2.12. The zero-order chi connectivity index (χ0) is 9.68. The zero-order valence-electron chi connectivity index (χ0n) is 7.57. The van der Waals surface area contributed by atoms with Gasteiger partial charge in [-0.2, -0.15) is 0 Å². The third-order valence-electron chi connectivity index (χ3n) is 1.34. The van der Waals surface area contributed by atoms with Crippen LogP contribution in [0.3, 0.4) is 0 Å². The Morgan fingerprint density at radius 2 is 2.38 bits per heavy atom. The van der Waals surface area contributed by atoms with Gasteiger partial charge >= 0.3 is 0 Å². The average molecular weight is 181 g/mol. The van der Waals surface area contributed by atoms with Gasteiger partial charge in [-0.25, -0.2) is 0 Å². The molecule has 0 aromatic carbocycles. The Bertz CT molecular complexity index is 324. The summed E-state index contributed by atoms with van der Waals surface area (Å²) in [4.78, 5) is 0. The molecule has 0 aliphatic carbocycles. The molecule has 0 aliphatic rings. The van der Waals surface area contributed by atoms with Crippen molar-refractivity contribution in [1.82, 2.24) is 10.2 Å². The van der Waals surface area contributed by atoms with E-state index in [1.165, 1.54) is 0 Å². The molecule has 0 amide bonds. The normalized spacial score (nSPS) is 11.9. The first-order valence-corrected chi connectivity index (χ1v) is 3.78. The maximum atomic E-state index is 5.65. The van der Waals surface area contributed by atoms with Crippen LogP contribution in [0, 0.1) is 11.8 Å². The van der Waals surface area contributed by atoms with Gasteiger partial charge < -0.3 is 14.9 Å². The van der Waals surface area contributed by atoms with E-state index in [0.29, 0.717) is 12.5 Å². The van der Waals surface area contributed by atoms with E-state index in [1.807, 2.05) is 0 Å². The van der Waals surface area contributed by atoms with Gasteiger partial charge in [0.2, 0.25) is 5.89 Å². The van der Waals surface area contributed by atoms with Crippen LogP contribution in [0.1, 0.15) is 24.7 Å². The molecule has 0 radical (unpaired) electrons. The van der Waals surface area contributed by atoms with Gasteiger partial charge in [0.25, 0.3) is 5.89 Å². The highest BCUT2D eigenvalue weighted by Crippen LogP contribution is 2.07. The van der Waals surface area contributed by atoms with Crippen molar-refractivity contribution in [1.29, 1.82) is 0 Å². The largest absolute Gasteiger partial charge is 0.413 e. The zero-order valence-corrected chi connectivity index (χ0v) is 7.57. The molecule has 2 N–H and O–H groups in total. The lowest BCUT2D eigenvalue weighted by Gasteiger charge is -2.02. The van der Waals surface area contributed by atoms with Crippen LogP contribution in [0.25, 0.3) is 0 Å². The number of nitrogens with zero attached hydrogens (tertiary/aromatic N) is 2. The van der Waals surface area contributed by atoms with Gasteiger partial charge in [-0.1, -0.05) is 11.0 Å². The van der Waals surface area contributed by atoms with Crippen LogP contribution in [0.5, 0.6) is 0 Å². The van der Waals surface area contributed by atoms with Crippen LogP contribution in [0.15, 0.2) is 4.42 Å². The molecule has 1 aromatic rings. The summed E-state index contributed by atoms with van der Waals surface area (Å²) in [5, 5.41) is 7.41. The fraction of sp³-hybridized carbons (Fsp3) is 0.500. The maximum absolute atomic E-state index is 5.65. The van der Waals surface area contributed by atoms with E-state index in [0.717, 1.165) is 0 Å². The monoisotopic (exact) mass is 181 g/mol. The van der Waals surface area contributed by atoms with Gasteiger partial charge in [0.1, 0.15) is 6.04 Å². The smallest absolute Gasteiger partial charge is 0.293 e. The van der Waals surface area contributed by atoms with E-state index >= 15 is 0 Å². The van der Waals surface area contributed by atoms with E-state index in [2.05, 4.69) is 22.0 Å². The van der Waals surface area contributed by atoms with Crippen molar-refractivity contribution in [3.05, 3.63) is 11.8 Å². The van der Waals surface area contributed by atoms with Crippen molar-refractivity contribution in [3.8, 4) is 11.8 Å². The second kappa shape index (κ2) is 4.60. The fourth-order valence-corrected chi connectivity index (χ4v) is 0.793. The lowest BCUT2D eigenvalue weighted by Crippen LogP contribution is -2.16. The third-order valence-corrected chi connectivity index (χ3v) is 1.34. The van der Waals surface area contributed by atoms with Gasteiger partial charge in [0, 0.05) is 7.11 Å². The third kappa shape index (κ3) is 2.54. The number of rotatable bonds is 3. The SMILES string of the molecule is CC#Cc1nnc(C(N)COC)o1. The van der Waals surface area contributed by atoms with Gasteiger partial charge in [0.15, 0.2) is 0 Å². The fourth-order valence-electron chi connectivity index (χ4n) is 0.793. The first-order chi connectivity index (χ1) is 6.27. The molecule has 1 atom stereocenters. The van der Waals surface area contributed by atoms with E-state index in [4.69, 9.17) is 14.9 Å². The molecule has 1 aromatic heterocycles. The Hall–Kier alpha value is -1.38. The molecule has 0 saturated heterocycles. The predicted molar refractivity (Wildman–Crippen MR) is 45.7 cm³/mol. The summed E-state index contributed by atoms with van der Waals surface area (Å²) in [5.41, 5.74) is 5.65. The van der Waals surface area contributed by atoms with E-state index < -0.39 is 0 Å². The Morgan fingerprint density at radius 3 is 3.00 bits per heavy atom. The van der Waals surface area contributed by atoms with Crippen LogP contribution in [-0.4, -0.2) is 23.9 Å². The van der Waals surface area contributed by atoms with Crippen molar-refractivity contribution < 1.29 is 9.15 Å². The number of ether oxygens (including phenoxy) is 1. The molecule has 0 bridgehead atoms. The summed E-state index contributed by atoms with van der Waals surface area (Å²) < 4.78 is 9.98. The topological polar surface area (TPSA) is 74.2 Å². The standard InChI is InChI=1S/C8H11N3O2/c1-3-4-7-10-11-8(13-7)6(9)5-12-2/h6H,5,9H2,1-2H3. The molecular formula is C8H11N3O2. The molecule has 13 heavy (non-hydrogen) atoms. The summed E-state index contributed by atoms with van der Waals surface area (Å²) in [6.07, 6.45) is 0. The molecule has 5 heteroatoms. The van der Waals surface area contributed by atoms with Crippen molar-refractivity contribution in [2.75, 3.05) is 13.7 Å². The van der Waals surface area contributed by atoms with E-state index in [9.17, 15) is 0 Å².